The van der Waals surface area contributed by atoms with Crippen LogP contribution in [-0.2, 0) is 11.2 Å². The van der Waals surface area contributed by atoms with Gasteiger partial charge in [0.05, 0.1) is 6.54 Å². The van der Waals surface area contributed by atoms with E-state index in [9.17, 15) is 14.4 Å². The summed E-state index contributed by atoms with van der Waals surface area (Å²) in [6.45, 7) is 2.67. The highest BCUT2D eigenvalue weighted by molar-refractivity contribution is 6.07. The number of nitrogens with one attached hydrogen (secondary N) is 2. The molecule has 1 spiro atoms. The Hall–Kier alpha value is -2.31. The number of hydrogen-bond donors (Lipinski definition) is 2. The molecule has 3 heterocycles. The highest BCUT2D eigenvalue weighted by atomic mass is 16.4. The second kappa shape index (κ2) is 4.91. The third-order valence-corrected chi connectivity index (χ3v) is 4.01. The van der Waals surface area contributed by atoms with Gasteiger partial charge >= 0.3 is 6.03 Å². The Kier molecular flexibility index (Phi) is 3.19. The van der Waals surface area contributed by atoms with Crippen LogP contribution in [0.1, 0.15) is 36.1 Å². The quantitative estimate of drug-likeness (QED) is 0.783. The van der Waals surface area contributed by atoms with Gasteiger partial charge in [0.15, 0.2) is 5.76 Å². The largest absolute Gasteiger partial charge is 0.456 e. The molecular formula is C14H17N3O4. The SMILES string of the molecule is CCc1ccc(C(=O)N2CCCC3(C2)NC(=O)NC3=O)o1. The number of furan rings is 1. The maximum atomic E-state index is 12.4. The monoisotopic (exact) mass is 291 g/mol. The molecule has 4 amide bonds. The van der Waals surface area contributed by atoms with E-state index in [0.29, 0.717) is 19.4 Å². The van der Waals surface area contributed by atoms with Gasteiger partial charge in [-0.3, -0.25) is 14.9 Å². The molecule has 21 heavy (non-hydrogen) atoms. The van der Waals surface area contributed by atoms with Gasteiger partial charge in [0.1, 0.15) is 11.3 Å². The number of rotatable bonds is 2. The fourth-order valence-electron chi connectivity index (χ4n) is 2.88. The molecule has 1 aromatic rings. The minimum atomic E-state index is -0.995. The van der Waals surface area contributed by atoms with Crippen molar-refractivity contribution in [1.82, 2.24) is 15.5 Å². The summed E-state index contributed by atoms with van der Waals surface area (Å²) in [4.78, 5) is 37.3. The lowest BCUT2D eigenvalue weighted by Gasteiger charge is -2.37. The zero-order valence-corrected chi connectivity index (χ0v) is 11.8. The Morgan fingerprint density at radius 1 is 1.43 bits per heavy atom. The van der Waals surface area contributed by atoms with Gasteiger partial charge in [0.2, 0.25) is 0 Å². The first-order valence-electron chi connectivity index (χ1n) is 7.06. The maximum absolute atomic E-state index is 12.4. The molecule has 0 radical (unpaired) electrons. The minimum Gasteiger partial charge on any atom is -0.456 e. The number of nitrogens with zero attached hydrogens (tertiary/aromatic N) is 1. The van der Waals surface area contributed by atoms with Crippen molar-refractivity contribution in [3.63, 3.8) is 0 Å². The number of likely N-dealkylation sites (tertiary alicyclic amines) is 1. The molecule has 0 aromatic carbocycles. The van der Waals surface area contributed by atoms with E-state index in [1.165, 1.54) is 0 Å². The van der Waals surface area contributed by atoms with Crippen LogP contribution < -0.4 is 10.6 Å². The summed E-state index contributed by atoms with van der Waals surface area (Å²) in [6.07, 6.45) is 1.91. The summed E-state index contributed by atoms with van der Waals surface area (Å²) in [7, 11) is 0. The van der Waals surface area contributed by atoms with Gasteiger partial charge in [-0.15, -0.1) is 0 Å². The lowest BCUT2D eigenvalue weighted by molar-refractivity contribution is -0.125. The van der Waals surface area contributed by atoms with Gasteiger partial charge in [-0.05, 0) is 25.0 Å². The molecule has 1 unspecified atom stereocenters. The van der Waals surface area contributed by atoms with Crippen molar-refractivity contribution in [3.05, 3.63) is 23.7 Å². The van der Waals surface area contributed by atoms with Crippen molar-refractivity contribution in [1.29, 1.82) is 0 Å². The molecule has 1 aromatic heterocycles. The molecule has 7 nitrogen and oxygen atoms in total. The van der Waals surface area contributed by atoms with Crippen LogP contribution in [0.25, 0.3) is 0 Å². The minimum absolute atomic E-state index is 0.172. The summed E-state index contributed by atoms with van der Waals surface area (Å²) in [5, 5.41) is 4.89. The van der Waals surface area contributed by atoms with Gasteiger partial charge in [0.25, 0.3) is 11.8 Å². The number of piperidine rings is 1. The van der Waals surface area contributed by atoms with Gasteiger partial charge in [-0.25, -0.2) is 4.79 Å². The van der Waals surface area contributed by atoms with Crippen LogP contribution in [0.2, 0.25) is 0 Å². The average Bonchev–Trinajstić information content (AvgIpc) is 3.04. The highest BCUT2D eigenvalue weighted by Crippen LogP contribution is 2.26. The van der Waals surface area contributed by atoms with Crippen molar-refractivity contribution in [2.45, 2.75) is 31.7 Å². The van der Waals surface area contributed by atoms with E-state index < -0.39 is 11.6 Å². The maximum Gasteiger partial charge on any atom is 0.322 e. The normalized spacial score (nSPS) is 25.1. The summed E-state index contributed by atoms with van der Waals surface area (Å²) in [6, 6.07) is 2.92. The first kappa shape index (κ1) is 13.7. The fraction of sp³-hybridized carbons (Fsp3) is 0.500. The molecular weight excluding hydrogens is 274 g/mol. The molecule has 2 aliphatic rings. The van der Waals surface area contributed by atoms with E-state index in [1.807, 2.05) is 6.92 Å². The molecule has 7 heteroatoms. The molecule has 0 aliphatic carbocycles. The Morgan fingerprint density at radius 2 is 2.24 bits per heavy atom. The third-order valence-electron chi connectivity index (χ3n) is 4.01. The smallest absolute Gasteiger partial charge is 0.322 e. The zero-order chi connectivity index (χ0) is 15.0. The van der Waals surface area contributed by atoms with Crippen LogP contribution in [0.3, 0.4) is 0 Å². The number of amides is 4. The number of aryl methyl sites for hydroxylation is 1. The van der Waals surface area contributed by atoms with Gasteiger partial charge in [0, 0.05) is 13.0 Å². The van der Waals surface area contributed by atoms with E-state index in [0.717, 1.165) is 12.2 Å². The van der Waals surface area contributed by atoms with Crippen molar-refractivity contribution in [3.8, 4) is 0 Å². The molecule has 2 saturated heterocycles. The van der Waals surface area contributed by atoms with Gasteiger partial charge in [-0.1, -0.05) is 6.92 Å². The van der Waals surface area contributed by atoms with Crippen LogP contribution in [-0.4, -0.2) is 41.4 Å². The third kappa shape index (κ3) is 2.28. The lowest BCUT2D eigenvalue weighted by atomic mass is 9.89. The van der Waals surface area contributed by atoms with Crippen LogP contribution in [0.15, 0.2) is 16.5 Å². The van der Waals surface area contributed by atoms with Crippen molar-refractivity contribution in [2.75, 3.05) is 13.1 Å². The molecule has 0 bridgehead atoms. The van der Waals surface area contributed by atoms with Crippen LogP contribution in [0, 0.1) is 0 Å². The van der Waals surface area contributed by atoms with E-state index >= 15 is 0 Å². The molecule has 2 aliphatic heterocycles. The van der Waals surface area contributed by atoms with Crippen LogP contribution in [0.5, 0.6) is 0 Å². The zero-order valence-electron chi connectivity index (χ0n) is 11.8. The molecule has 112 valence electrons. The average molecular weight is 291 g/mol. The Bertz CT molecular complexity index is 609. The highest BCUT2D eigenvalue weighted by Gasteiger charge is 2.49. The van der Waals surface area contributed by atoms with E-state index in [-0.39, 0.29) is 24.1 Å². The lowest BCUT2D eigenvalue weighted by Crippen LogP contribution is -2.59. The van der Waals surface area contributed by atoms with E-state index in [1.54, 1.807) is 17.0 Å². The van der Waals surface area contributed by atoms with Crippen molar-refractivity contribution in [2.24, 2.45) is 0 Å². The Balaban J connectivity index is 1.78. The van der Waals surface area contributed by atoms with Crippen LogP contribution >= 0.6 is 0 Å². The van der Waals surface area contributed by atoms with Crippen molar-refractivity contribution >= 4 is 17.8 Å². The number of imide groups is 1. The van der Waals surface area contributed by atoms with Gasteiger partial charge < -0.3 is 14.6 Å². The summed E-state index contributed by atoms with van der Waals surface area (Å²) >= 11 is 0. The second-order valence-corrected chi connectivity index (χ2v) is 5.44. The Labute approximate surface area is 121 Å². The summed E-state index contributed by atoms with van der Waals surface area (Å²) < 4.78 is 5.47. The summed E-state index contributed by atoms with van der Waals surface area (Å²) in [5.74, 6) is 0.409. The molecule has 2 N–H and O–H groups in total. The molecule has 1 atom stereocenters. The molecule has 3 rings (SSSR count). The Morgan fingerprint density at radius 3 is 2.86 bits per heavy atom. The second-order valence-electron chi connectivity index (χ2n) is 5.44. The summed E-state index contributed by atoms with van der Waals surface area (Å²) in [5.41, 5.74) is -0.995. The predicted octanol–water partition coefficient (Wildman–Crippen LogP) is 0.656. The standard InChI is InChI=1S/C14H17N3O4/c1-2-9-4-5-10(21-9)11(18)17-7-3-6-14(8-17)12(19)15-13(20)16-14/h4-5H,2-3,6-8H2,1H3,(H2,15,16,19,20). The molecule has 2 fully saturated rings. The van der Waals surface area contributed by atoms with E-state index in [4.69, 9.17) is 4.42 Å². The topological polar surface area (TPSA) is 91.7 Å². The first-order chi connectivity index (χ1) is 10.0. The van der Waals surface area contributed by atoms with Crippen LogP contribution in [0.4, 0.5) is 4.79 Å². The van der Waals surface area contributed by atoms with Gasteiger partial charge in [-0.2, -0.15) is 0 Å². The fourth-order valence-corrected chi connectivity index (χ4v) is 2.88. The number of hydrogen-bond acceptors (Lipinski definition) is 4. The molecule has 0 saturated carbocycles. The number of carbonyl (C=O) groups excluding carboxylic acids is 3. The first-order valence-corrected chi connectivity index (χ1v) is 7.06. The number of carbonyl (C=O) groups is 3. The predicted molar refractivity (Wildman–Crippen MR) is 72.6 cm³/mol. The van der Waals surface area contributed by atoms with E-state index in [2.05, 4.69) is 10.6 Å². The number of urea groups is 1. The van der Waals surface area contributed by atoms with Crippen molar-refractivity contribution < 1.29 is 18.8 Å².